The molecule has 1 aromatic carbocycles. The molecule has 1 unspecified atom stereocenters. The van der Waals surface area contributed by atoms with E-state index in [1.165, 1.54) is 5.56 Å². The zero-order valence-electron chi connectivity index (χ0n) is 17.1. The molecule has 2 aliphatic heterocycles. The van der Waals surface area contributed by atoms with E-state index < -0.39 is 5.41 Å². The highest BCUT2D eigenvalue weighted by Gasteiger charge is 2.45. The van der Waals surface area contributed by atoms with E-state index in [9.17, 15) is 9.59 Å². The number of likely N-dealkylation sites (tertiary alicyclic amines) is 1. The standard InChI is InChI=1S/C22H30N2O4/c1-4-27-21(26)22(9-11-24(12-10-22)15-17(3)25)14-19-13-20(23-28-19)18-7-5-16(2)6-8-18/h5-8,19H,4,9-15H2,1-3H3. The summed E-state index contributed by atoms with van der Waals surface area (Å²) in [5.41, 5.74) is 2.64. The average Bonchev–Trinajstić information content (AvgIpc) is 3.12. The summed E-state index contributed by atoms with van der Waals surface area (Å²) in [4.78, 5) is 32.1. The van der Waals surface area contributed by atoms with Crippen molar-refractivity contribution >= 4 is 17.5 Å². The lowest BCUT2D eigenvalue weighted by Crippen LogP contribution is -2.47. The maximum atomic E-state index is 12.8. The van der Waals surface area contributed by atoms with Crippen molar-refractivity contribution in [3.8, 4) is 0 Å². The normalized spacial score (nSPS) is 21.7. The van der Waals surface area contributed by atoms with Gasteiger partial charge in [0.1, 0.15) is 11.9 Å². The van der Waals surface area contributed by atoms with Gasteiger partial charge in [0.05, 0.1) is 24.3 Å². The maximum Gasteiger partial charge on any atom is 0.312 e. The van der Waals surface area contributed by atoms with Crippen LogP contribution >= 0.6 is 0 Å². The first-order valence-electron chi connectivity index (χ1n) is 10.1. The molecular formula is C22H30N2O4. The van der Waals surface area contributed by atoms with Gasteiger partial charge >= 0.3 is 5.97 Å². The fourth-order valence-electron chi connectivity index (χ4n) is 4.12. The summed E-state index contributed by atoms with van der Waals surface area (Å²) in [6, 6.07) is 8.24. The number of esters is 1. The van der Waals surface area contributed by atoms with Crippen molar-refractivity contribution in [2.45, 2.75) is 52.6 Å². The van der Waals surface area contributed by atoms with Crippen molar-refractivity contribution < 1.29 is 19.2 Å². The number of nitrogens with zero attached hydrogens (tertiary/aromatic N) is 2. The van der Waals surface area contributed by atoms with Gasteiger partial charge in [0.2, 0.25) is 0 Å². The van der Waals surface area contributed by atoms with Crippen LogP contribution in [0.4, 0.5) is 0 Å². The van der Waals surface area contributed by atoms with Crippen LogP contribution in [-0.4, -0.2) is 54.7 Å². The SMILES string of the molecule is CCOC(=O)C1(CC2CC(c3ccc(C)cc3)=NO2)CCN(CC(C)=O)CC1. The van der Waals surface area contributed by atoms with Crippen molar-refractivity contribution in [2.24, 2.45) is 10.6 Å². The lowest BCUT2D eigenvalue weighted by molar-refractivity contribution is -0.161. The molecule has 152 valence electrons. The van der Waals surface area contributed by atoms with Gasteiger partial charge in [-0.1, -0.05) is 35.0 Å². The lowest BCUT2D eigenvalue weighted by Gasteiger charge is -2.40. The first-order chi connectivity index (χ1) is 13.4. The number of ether oxygens (including phenoxy) is 1. The lowest BCUT2D eigenvalue weighted by atomic mass is 9.73. The summed E-state index contributed by atoms with van der Waals surface area (Å²) in [5, 5.41) is 4.28. The van der Waals surface area contributed by atoms with Crippen LogP contribution in [-0.2, 0) is 19.2 Å². The number of Topliss-reactive ketones (excluding diaryl/α,β-unsaturated/α-hetero) is 1. The number of carbonyl (C=O) groups excluding carboxylic acids is 2. The Morgan fingerprint density at radius 2 is 1.93 bits per heavy atom. The monoisotopic (exact) mass is 386 g/mol. The van der Waals surface area contributed by atoms with E-state index in [-0.39, 0.29) is 17.9 Å². The number of benzene rings is 1. The van der Waals surface area contributed by atoms with Gasteiger partial charge in [-0.25, -0.2) is 0 Å². The van der Waals surface area contributed by atoms with Crippen LogP contribution in [0.3, 0.4) is 0 Å². The fourth-order valence-corrected chi connectivity index (χ4v) is 4.12. The van der Waals surface area contributed by atoms with Gasteiger partial charge in [0.15, 0.2) is 0 Å². The minimum absolute atomic E-state index is 0.125. The molecule has 2 heterocycles. The van der Waals surface area contributed by atoms with Crippen molar-refractivity contribution in [3.63, 3.8) is 0 Å². The molecule has 0 saturated carbocycles. The molecule has 28 heavy (non-hydrogen) atoms. The second-order valence-electron chi connectivity index (χ2n) is 8.02. The van der Waals surface area contributed by atoms with Crippen molar-refractivity contribution in [1.29, 1.82) is 0 Å². The maximum absolute atomic E-state index is 12.8. The third kappa shape index (κ3) is 4.79. The molecule has 0 aromatic heterocycles. The van der Waals surface area contributed by atoms with E-state index in [1.54, 1.807) is 6.92 Å². The minimum Gasteiger partial charge on any atom is -0.466 e. The van der Waals surface area contributed by atoms with Crippen LogP contribution in [0.25, 0.3) is 0 Å². The highest BCUT2D eigenvalue weighted by molar-refractivity contribution is 6.01. The topological polar surface area (TPSA) is 68.2 Å². The quantitative estimate of drug-likeness (QED) is 0.674. The van der Waals surface area contributed by atoms with Crippen molar-refractivity contribution in [3.05, 3.63) is 35.4 Å². The largest absolute Gasteiger partial charge is 0.466 e. The Labute approximate surface area is 166 Å². The zero-order valence-corrected chi connectivity index (χ0v) is 17.1. The van der Waals surface area contributed by atoms with Gasteiger partial charge in [0, 0.05) is 12.8 Å². The molecule has 1 fully saturated rings. The molecular weight excluding hydrogens is 356 g/mol. The predicted octanol–water partition coefficient (Wildman–Crippen LogP) is 3.11. The highest BCUT2D eigenvalue weighted by atomic mass is 16.6. The molecule has 0 spiro atoms. The molecule has 0 amide bonds. The Kier molecular flexibility index (Phi) is 6.50. The second-order valence-corrected chi connectivity index (χ2v) is 8.02. The van der Waals surface area contributed by atoms with E-state index in [0.717, 1.165) is 24.4 Å². The zero-order chi connectivity index (χ0) is 20.1. The third-order valence-corrected chi connectivity index (χ3v) is 5.70. The Morgan fingerprint density at radius 1 is 1.25 bits per heavy atom. The molecule has 1 saturated heterocycles. The van der Waals surface area contributed by atoms with Gasteiger partial charge in [-0.15, -0.1) is 0 Å². The Hall–Kier alpha value is -2.21. The van der Waals surface area contributed by atoms with Gasteiger partial charge < -0.3 is 9.57 Å². The molecule has 0 bridgehead atoms. The van der Waals surface area contributed by atoms with Crippen LogP contribution in [0.2, 0.25) is 0 Å². The van der Waals surface area contributed by atoms with E-state index in [1.807, 2.05) is 6.92 Å². The first kappa shape index (κ1) is 20.5. The van der Waals surface area contributed by atoms with Crippen LogP contribution < -0.4 is 0 Å². The number of piperidine rings is 1. The third-order valence-electron chi connectivity index (χ3n) is 5.70. The molecule has 3 rings (SSSR count). The summed E-state index contributed by atoms with van der Waals surface area (Å²) < 4.78 is 5.42. The Bertz CT molecular complexity index is 733. The summed E-state index contributed by atoms with van der Waals surface area (Å²) in [5.74, 6) is 0.00348. The summed E-state index contributed by atoms with van der Waals surface area (Å²) in [6.07, 6.45) is 2.53. The molecule has 6 heteroatoms. The van der Waals surface area contributed by atoms with E-state index in [4.69, 9.17) is 9.57 Å². The summed E-state index contributed by atoms with van der Waals surface area (Å²) >= 11 is 0. The highest BCUT2D eigenvalue weighted by Crippen LogP contribution is 2.40. The minimum atomic E-state index is -0.563. The molecule has 0 aliphatic carbocycles. The van der Waals surface area contributed by atoms with Crippen LogP contribution in [0, 0.1) is 12.3 Å². The fraction of sp³-hybridized carbons (Fsp3) is 0.591. The predicted molar refractivity (Wildman–Crippen MR) is 107 cm³/mol. The molecule has 2 aliphatic rings. The number of aryl methyl sites for hydroxylation is 1. The Morgan fingerprint density at radius 3 is 2.54 bits per heavy atom. The smallest absolute Gasteiger partial charge is 0.312 e. The summed E-state index contributed by atoms with van der Waals surface area (Å²) in [6.45, 7) is 7.74. The van der Waals surface area contributed by atoms with E-state index >= 15 is 0 Å². The van der Waals surface area contributed by atoms with Crippen LogP contribution in [0.15, 0.2) is 29.4 Å². The number of hydrogen-bond donors (Lipinski definition) is 0. The average molecular weight is 386 g/mol. The van der Waals surface area contributed by atoms with Gasteiger partial charge in [-0.2, -0.15) is 0 Å². The molecule has 1 aromatic rings. The Balaban J connectivity index is 1.65. The number of hydrogen-bond acceptors (Lipinski definition) is 6. The molecule has 1 atom stereocenters. The van der Waals surface area contributed by atoms with Gasteiger partial charge in [0.25, 0.3) is 0 Å². The molecule has 0 radical (unpaired) electrons. The van der Waals surface area contributed by atoms with E-state index in [0.29, 0.717) is 38.8 Å². The van der Waals surface area contributed by atoms with Gasteiger partial charge in [-0.05, 0) is 52.3 Å². The van der Waals surface area contributed by atoms with Crippen LogP contribution in [0.1, 0.15) is 50.7 Å². The van der Waals surface area contributed by atoms with Crippen molar-refractivity contribution in [2.75, 3.05) is 26.2 Å². The first-order valence-corrected chi connectivity index (χ1v) is 10.1. The number of ketones is 1. The second kappa shape index (κ2) is 8.86. The number of oxime groups is 1. The van der Waals surface area contributed by atoms with Crippen molar-refractivity contribution in [1.82, 2.24) is 4.90 Å². The number of rotatable bonds is 7. The van der Waals surface area contributed by atoms with Crippen LogP contribution in [0.5, 0.6) is 0 Å². The summed E-state index contributed by atoms with van der Waals surface area (Å²) in [7, 11) is 0. The van der Waals surface area contributed by atoms with E-state index in [2.05, 4.69) is 41.2 Å². The van der Waals surface area contributed by atoms with Gasteiger partial charge in [-0.3, -0.25) is 14.5 Å². The molecule has 6 nitrogen and oxygen atoms in total. The number of carbonyl (C=O) groups is 2. The molecule has 0 N–H and O–H groups in total.